The molecule has 0 radical (unpaired) electrons. The standard InChI is InChI=1S/C9H16N2O/c1-2-9(12)11-8-4-3-6-10-7-5-8/h2,8,10H,1,3-7H2,(H,11,12). The van der Waals surface area contributed by atoms with Gasteiger partial charge in [-0.25, -0.2) is 0 Å². The van der Waals surface area contributed by atoms with Crippen molar-refractivity contribution in [3.63, 3.8) is 0 Å². The van der Waals surface area contributed by atoms with Gasteiger partial charge in [0.1, 0.15) is 0 Å². The predicted octanol–water partition coefficient (Wildman–Crippen LogP) is 0.431. The minimum atomic E-state index is -0.0538. The maximum absolute atomic E-state index is 10.9. The molecule has 2 N–H and O–H groups in total. The third-order valence-electron chi connectivity index (χ3n) is 2.11. The van der Waals surface area contributed by atoms with Gasteiger partial charge in [-0.05, 0) is 38.4 Å². The molecule has 1 unspecified atom stereocenters. The lowest BCUT2D eigenvalue weighted by Gasteiger charge is -2.13. The van der Waals surface area contributed by atoms with E-state index >= 15 is 0 Å². The fourth-order valence-electron chi connectivity index (χ4n) is 1.42. The van der Waals surface area contributed by atoms with E-state index in [2.05, 4.69) is 17.2 Å². The van der Waals surface area contributed by atoms with E-state index in [-0.39, 0.29) is 5.91 Å². The summed E-state index contributed by atoms with van der Waals surface area (Å²) in [5.74, 6) is -0.0538. The van der Waals surface area contributed by atoms with Gasteiger partial charge in [0.15, 0.2) is 0 Å². The van der Waals surface area contributed by atoms with Crippen LogP contribution >= 0.6 is 0 Å². The molecule has 3 nitrogen and oxygen atoms in total. The van der Waals surface area contributed by atoms with Crippen LogP contribution in [-0.4, -0.2) is 25.0 Å². The smallest absolute Gasteiger partial charge is 0.243 e. The Bertz CT molecular complexity index is 160. The summed E-state index contributed by atoms with van der Waals surface area (Å²) < 4.78 is 0. The Labute approximate surface area is 73.2 Å². The van der Waals surface area contributed by atoms with Crippen molar-refractivity contribution in [3.8, 4) is 0 Å². The summed E-state index contributed by atoms with van der Waals surface area (Å²) in [6, 6.07) is 0.338. The third kappa shape index (κ3) is 3.05. The van der Waals surface area contributed by atoms with Crippen LogP contribution in [0.3, 0.4) is 0 Å². The first-order valence-electron chi connectivity index (χ1n) is 4.46. The van der Waals surface area contributed by atoms with E-state index < -0.39 is 0 Å². The molecule has 0 aliphatic carbocycles. The Hall–Kier alpha value is -0.830. The van der Waals surface area contributed by atoms with Gasteiger partial charge in [-0.2, -0.15) is 0 Å². The van der Waals surface area contributed by atoms with E-state index in [1.807, 2.05) is 0 Å². The Morgan fingerprint density at radius 3 is 3.08 bits per heavy atom. The summed E-state index contributed by atoms with van der Waals surface area (Å²) in [6.45, 7) is 5.49. The van der Waals surface area contributed by atoms with Crippen LogP contribution in [0.4, 0.5) is 0 Å². The highest BCUT2D eigenvalue weighted by Gasteiger charge is 2.12. The first-order valence-corrected chi connectivity index (χ1v) is 4.46. The third-order valence-corrected chi connectivity index (χ3v) is 2.11. The number of carbonyl (C=O) groups is 1. The van der Waals surface area contributed by atoms with Gasteiger partial charge in [-0.15, -0.1) is 0 Å². The van der Waals surface area contributed by atoms with E-state index in [1.54, 1.807) is 0 Å². The Morgan fingerprint density at radius 1 is 1.50 bits per heavy atom. The zero-order valence-electron chi connectivity index (χ0n) is 7.31. The van der Waals surface area contributed by atoms with Gasteiger partial charge in [0.25, 0.3) is 0 Å². The molecule has 12 heavy (non-hydrogen) atoms. The van der Waals surface area contributed by atoms with Gasteiger partial charge < -0.3 is 10.6 Å². The molecule has 0 aromatic carbocycles. The van der Waals surface area contributed by atoms with Crippen LogP contribution in [0.25, 0.3) is 0 Å². The second-order valence-corrected chi connectivity index (χ2v) is 3.09. The predicted molar refractivity (Wildman–Crippen MR) is 48.8 cm³/mol. The fourth-order valence-corrected chi connectivity index (χ4v) is 1.42. The number of amides is 1. The molecule has 0 bridgehead atoms. The SMILES string of the molecule is C=CC(=O)NC1CCCNCC1. The van der Waals surface area contributed by atoms with Gasteiger partial charge in [0.2, 0.25) is 5.91 Å². The van der Waals surface area contributed by atoms with Crippen LogP contribution < -0.4 is 10.6 Å². The molecule has 1 amide bonds. The second kappa shape index (κ2) is 4.93. The zero-order valence-corrected chi connectivity index (χ0v) is 7.31. The van der Waals surface area contributed by atoms with Crippen molar-refractivity contribution in [3.05, 3.63) is 12.7 Å². The van der Waals surface area contributed by atoms with E-state index in [9.17, 15) is 4.79 Å². The number of hydrogen-bond acceptors (Lipinski definition) is 2. The molecular weight excluding hydrogens is 152 g/mol. The summed E-state index contributed by atoms with van der Waals surface area (Å²) in [7, 11) is 0. The molecule has 1 fully saturated rings. The molecule has 0 aromatic rings. The zero-order chi connectivity index (χ0) is 8.81. The van der Waals surface area contributed by atoms with Crippen LogP contribution in [0, 0.1) is 0 Å². The van der Waals surface area contributed by atoms with Crippen LogP contribution in [0.1, 0.15) is 19.3 Å². The molecule has 1 aliphatic heterocycles. The van der Waals surface area contributed by atoms with Crippen molar-refractivity contribution in [2.75, 3.05) is 13.1 Å². The molecule has 0 aromatic heterocycles. The molecule has 1 aliphatic rings. The lowest BCUT2D eigenvalue weighted by atomic mass is 10.1. The summed E-state index contributed by atoms with van der Waals surface area (Å²) in [6.07, 6.45) is 4.58. The van der Waals surface area contributed by atoms with Crippen molar-refractivity contribution in [2.24, 2.45) is 0 Å². The van der Waals surface area contributed by atoms with E-state index in [0.29, 0.717) is 6.04 Å². The van der Waals surface area contributed by atoms with Gasteiger partial charge in [0.05, 0.1) is 0 Å². The Balaban J connectivity index is 2.29. The minimum Gasteiger partial charge on any atom is -0.350 e. The van der Waals surface area contributed by atoms with Crippen molar-refractivity contribution < 1.29 is 4.79 Å². The van der Waals surface area contributed by atoms with Gasteiger partial charge in [-0.1, -0.05) is 6.58 Å². The molecule has 1 saturated heterocycles. The number of rotatable bonds is 2. The molecule has 68 valence electrons. The summed E-state index contributed by atoms with van der Waals surface area (Å²) in [4.78, 5) is 10.9. The van der Waals surface area contributed by atoms with E-state index in [0.717, 1.165) is 32.4 Å². The van der Waals surface area contributed by atoms with Crippen LogP contribution in [0.5, 0.6) is 0 Å². The molecule has 0 spiro atoms. The number of carbonyl (C=O) groups excluding carboxylic acids is 1. The summed E-state index contributed by atoms with van der Waals surface area (Å²) in [5.41, 5.74) is 0. The molecule has 1 heterocycles. The maximum Gasteiger partial charge on any atom is 0.243 e. The highest BCUT2D eigenvalue weighted by molar-refractivity contribution is 5.87. The monoisotopic (exact) mass is 168 g/mol. The quantitative estimate of drug-likeness (QED) is 0.587. The maximum atomic E-state index is 10.9. The highest BCUT2D eigenvalue weighted by atomic mass is 16.1. The fraction of sp³-hybridized carbons (Fsp3) is 0.667. The average Bonchev–Trinajstić information content (AvgIpc) is 2.33. The Morgan fingerprint density at radius 2 is 2.33 bits per heavy atom. The average molecular weight is 168 g/mol. The van der Waals surface area contributed by atoms with Crippen molar-refractivity contribution in [1.29, 1.82) is 0 Å². The van der Waals surface area contributed by atoms with Gasteiger partial charge >= 0.3 is 0 Å². The Kier molecular flexibility index (Phi) is 3.80. The van der Waals surface area contributed by atoms with Crippen LogP contribution in [0.2, 0.25) is 0 Å². The van der Waals surface area contributed by atoms with Crippen LogP contribution in [-0.2, 0) is 4.79 Å². The minimum absolute atomic E-state index is 0.0538. The van der Waals surface area contributed by atoms with Crippen molar-refractivity contribution in [2.45, 2.75) is 25.3 Å². The lowest BCUT2D eigenvalue weighted by Crippen LogP contribution is -2.34. The first-order chi connectivity index (χ1) is 5.83. The topological polar surface area (TPSA) is 41.1 Å². The van der Waals surface area contributed by atoms with E-state index in [4.69, 9.17) is 0 Å². The van der Waals surface area contributed by atoms with E-state index in [1.165, 1.54) is 6.08 Å². The molecular formula is C9H16N2O. The number of hydrogen-bond donors (Lipinski definition) is 2. The molecule has 1 atom stereocenters. The highest BCUT2D eigenvalue weighted by Crippen LogP contribution is 2.04. The largest absolute Gasteiger partial charge is 0.350 e. The van der Waals surface area contributed by atoms with Crippen molar-refractivity contribution in [1.82, 2.24) is 10.6 Å². The first kappa shape index (κ1) is 9.26. The van der Waals surface area contributed by atoms with Crippen LogP contribution in [0.15, 0.2) is 12.7 Å². The molecule has 3 heteroatoms. The molecule has 1 rings (SSSR count). The lowest BCUT2D eigenvalue weighted by molar-refractivity contribution is -0.117. The van der Waals surface area contributed by atoms with Gasteiger partial charge in [-0.3, -0.25) is 4.79 Å². The second-order valence-electron chi connectivity index (χ2n) is 3.09. The summed E-state index contributed by atoms with van der Waals surface area (Å²) in [5, 5.41) is 6.20. The van der Waals surface area contributed by atoms with Gasteiger partial charge in [0, 0.05) is 6.04 Å². The molecule has 0 saturated carbocycles. The normalized spacial score (nSPS) is 24.2. The summed E-state index contributed by atoms with van der Waals surface area (Å²) >= 11 is 0. The van der Waals surface area contributed by atoms with Crippen molar-refractivity contribution >= 4 is 5.91 Å². The number of nitrogens with one attached hydrogen (secondary N) is 2.